The first-order valence-electron chi connectivity index (χ1n) is 6.30. The Labute approximate surface area is 120 Å². The zero-order valence-corrected chi connectivity index (χ0v) is 12.5. The molecular weight excluding hydrogens is 310 g/mol. The highest BCUT2D eigenvalue weighted by Crippen LogP contribution is 2.28. The Bertz CT molecular complexity index is 537. The molecule has 0 atom stereocenters. The van der Waals surface area contributed by atoms with Crippen LogP contribution in [-0.2, 0) is 0 Å². The minimum absolute atomic E-state index is 0.0456. The Balaban J connectivity index is 2.33. The van der Waals surface area contributed by atoms with Gasteiger partial charge in [0.25, 0.3) is 11.8 Å². The number of hydrogen-bond acceptors (Lipinski definition) is 3. The first kappa shape index (κ1) is 14.2. The quantitative estimate of drug-likeness (QED) is 0.865. The Morgan fingerprint density at radius 3 is 2.32 bits per heavy atom. The van der Waals surface area contributed by atoms with Crippen LogP contribution < -0.4 is 0 Å². The lowest BCUT2D eigenvalue weighted by molar-refractivity contribution is 0.00243. The fourth-order valence-electron chi connectivity index (χ4n) is 2.17. The van der Waals surface area contributed by atoms with E-state index in [-0.39, 0.29) is 18.4 Å². The molecule has 0 saturated heterocycles. The van der Waals surface area contributed by atoms with Gasteiger partial charge in [-0.2, -0.15) is 0 Å². The number of halogens is 1. The lowest BCUT2D eigenvalue weighted by Crippen LogP contribution is -2.44. The summed E-state index contributed by atoms with van der Waals surface area (Å²) in [5.74, 6) is -0.658. The van der Waals surface area contributed by atoms with Gasteiger partial charge in [0.2, 0.25) is 0 Å². The normalized spacial score (nSPS) is 15.1. The van der Waals surface area contributed by atoms with Gasteiger partial charge in [-0.3, -0.25) is 14.5 Å². The van der Waals surface area contributed by atoms with E-state index in [2.05, 4.69) is 15.9 Å². The van der Waals surface area contributed by atoms with Gasteiger partial charge in [-0.05, 0) is 31.0 Å². The molecule has 0 aliphatic carbocycles. The minimum Gasteiger partial charge on any atom is -0.388 e. The van der Waals surface area contributed by atoms with E-state index in [1.54, 1.807) is 18.2 Å². The van der Waals surface area contributed by atoms with Crippen LogP contribution in [0.2, 0.25) is 0 Å². The number of benzene rings is 1. The van der Waals surface area contributed by atoms with Crippen LogP contribution in [0.15, 0.2) is 22.7 Å². The smallest absolute Gasteiger partial charge is 0.261 e. The van der Waals surface area contributed by atoms with Crippen LogP contribution in [0.1, 0.15) is 47.4 Å². The predicted octanol–water partition coefficient (Wildman–Crippen LogP) is 2.60. The number of carbonyl (C=O) groups excluding carboxylic acids is 2. The number of β-amino-alcohol motifs (C(OH)–C–C–N with tert-alkyl or cyclic N) is 1. The van der Waals surface area contributed by atoms with Gasteiger partial charge in [-0.25, -0.2) is 0 Å². The number of imide groups is 1. The van der Waals surface area contributed by atoms with Crippen molar-refractivity contribution in [1.29, 1.82) is 0 Å². The van der Waals surface area contributed by atoms with E-state index in [1.165, 1.54) is 0 Å². The number of rotatable bonds is 4. The van der Waals surface area contributed by atoms with Crippen LogP contribution in [-0.4, -0.2) is 34.0 Å². The van der Waals surface area contributed by atoms with Crippen LogP contribution in [0.4, 0.5) is 0 Å². The second-order valence-corrected chi connectivity index (χ2v) is 5.73. The summed E-state index contributed by atoms with van der Waals surface area (Å²) in [4.78, 5) is 25.6. The first-order valence-corrected chi connectivity index (χ1v) is 7.09. The Morgan fingerprint density at radius 2 is 1.74 bits per heavy atom. The van der Waals surface area contributed by atoms with Crippen LogP contribution in [0, 0.1) is 0 Å². The number of fused-ring (bicyclic) bond motifs is 1. The minimum atomic E-state index is -1.01. The molecule has 1 aromatic rings. The van der Waals surface area contributed by atoms with Crippen molar-refractivity contribution in [3.8, 4) is 0 Å². The van der Waals surface area contributed by atoms with Crippen molar-refractivity contribution in [2.24, 2.45) is 0 Å². The maximum atomic E-state index is 12.2. The van der Waals surface area contributed by atoms with E-state index in [4.69, 9.17) is 0 Å². The molecular formula is C14H16BrNO3. The van der Waals surface area contributed by atoms with Crippen molar-refractivity contribution in [1.82, 2.24) is 4.90 Å². The third-order valence-electron chi connectivity index (χ3n) is 3.70. The number of carbonyl (C=O) groups is 2. The number of amides is 2. The second-order valence-electron chi connectivity index (χ2n) is 4.82. The molecule has 0 unspecified atom stereocenters. The monoisotopic (exact) mass is 325 g/mol. The van der Waals surface area contributed by atoms with Gasteiger partial charge in [-0.1, -0.05) is 29.8 Å². The van der Waals surface area contributed by atoms with Gasteiger partial charge in [0.15, 0.2) is 0 Å². The fourth-order valence-corrected chi connectivity index (χ4v) is 2.54. The molecule has 2 amide bonds. The molecule has 4 nitrogen and oxygen atoms in total. The fraction of sp³-hybridized carbons (Fsp3) is 0.429. The molecule has 1 aliphatic heterocycles. The molecule has 0 spiro atoms. The summed E-state index contributed by atoms with van der Waals surface area (Å²) in [6, 6.07) is 5.02. The lowest BCUT2D eigenvalue weighted by atomic mass is 9.97. The molecule has 5 heteroatoms. The third kappa shape index (κ3) is 2.44. The standard InChI is InChI=1S/C14H16BrNO3/c1-3-14(19,4-2)8-16-12(17)10-6-5-9(15)7-11(10)13(16)18/h5-7,19H,3-4,8H2,1-2H3. The summed E-state index contributed by atoms with van der Waals surface area (Å²) < 4.78 is 0.760. The van der Waals surface area contributed by atoms with Crippen molar-refractivity contribution < 1.29 is 14.7 Å². The van der Waals surface area contributed by atoms with Crippen molar-refractivity contribution >= 4 is 27.7 Å². The Hall–Kier alpha value is -1.20. The predicted molar refractivity (Wildman–Crippen MR) is 75.0 cm³/mol. The molecule has 1 heterocycles. The molecule has 0 radical (unpaired) electrons. The summed E-state index contributed by atoms with van der Waals surface area (Å²) in [5.41, 5.74) is -0.207. The average molecular weight is 326 g/mol. The van der Waals surface area contributed by atoms with E-state index >= 15 is 0 Å². The summed E-state index contributed by atoms with van der Waals surface area (Å²) in [7, 11) is 0. The highest BCUT2D eigenvalue weighted by Gasteiger charge is 2.39. The maximum Gasteiger partial charge on any atom is 0.261 e. The highest BCUT2D eigenvalue weighted by molar-refractivity contribution is 9.10. The molecule has 1 aliphatic rings. The molecule has 0 aromatic heterocycles. The van der Waals surface area contributed by atoms with E-state index in [0.717, 1.165) is 9.37 Å². The number of hydrogen-bond donors (Lipinski definition) is 1. The van der Waals surface area contributed by atoms with E-state index in [0.29, 0.717) is 24.0 Å². The van der Waals surface area contributed by atoms with Crippen LogP contribution in [0.3, 0.4) is 0 Å². The van der Waals surface area contributed by atoms with Crippen molar-refractivity contribution in [3.63, 3.8) is 0 Å². The maximum absolute atomic E-state index is 12.2. The van der Waals surface area contributed by atoms with E-state index in [1.807, 2.05) is 13.8 Å². The molecule has 0 saturated carbocycles. The highest BCUT2D eigenvalue weighted by atomic mass is 79.9. The first-order chi connectivity index (χ1) is 8.91. The molecule has 19 heavy (non-hydrogen) atoms. The van der Waals surface area contributed by atoms with Crippen LogP contribution in [0.25, 0.3) is 0 Å². The van der Waals surface area contributed by atoms with E-state index < -0.39 is 5.60 Å². The van der Waals surface area contributed by atoms with Crippen LogP contribution >= 0.6 is 15.9 Å². The van der Waals surface area contributed by atoms with Crippen LogP contribution in [0.5, 0.6) is 0 Å². The van der Waals surface area contributed by atoms with Gasteiger partial charge < -0.3 is 5.11 Å². The largest absolute Gasteiger partial charge is 0.388 e. The van der Waals surface area contributed by atoms with Gasteiger partial charge >= 0.3 is 0 Å². The second kappa shape index (κ2) is 5.06. The Kier molecular flexibility index (Phi) is 3.78. The molecule has 102 valence electrons. The van der Waals surface area contributed by atoms with Crippen molar-refractivity contribution in [2.75, 3.05) is 6.54 Å². The molecule has 0 bridgehead atoms. The topological polar surface area (TPSA) is 57.6 Å². The van der Waals surface area contributed by atoms with Crippen molar-refractivity contribution in [2.45, 2.75) is 32.3 Å². The average Bonchev–Trinajstić information content (AvgIpc) is 2.63. The Morgan fingerprint density at radius 1 is 1.16 bits per heavy atom. The summed E-state index contributed by atoms with van der Waals surface area (Å²) in [6.07, 6.45) is 1.00. The molecule has 1 N–H and O–H groups in total. The molecule has 1 aromatic carbocycles. The zero-order chi connectivity index (χ0) is 14.2. The summed E-state index contributed by atoms with van der Waals surface area (Å²) >= 11 is 3.29. The van der Waals surface area contributed by atoms with Gasteiger partial charge in [-0.15, -0.1) is 0 Å². The summed E-state index contributed by atoms with van der Waals surface area (Å²) in [5, 5.41) is 10.3. The molecule has 2 rings (SSSR count). The summed E-state index contributed by atoms with van der Waals surface area (Å²) in [6.45, 7) is 3.74. The van der Waals surface area contributed by atoms with Gasteiger partial charge in [0.05, 0.1) is 23.3 Å². The van der Waals surface area contributed by atoms with Crippen molar-refractivity contribution in [3.05, 3.63) is 33.8 Å². The van der Waals surface area contributed by atoms with E-state index in [9.17, 15) is 14.7 Å². The van der Waals surface area contributed by atoms with Gasteiger partial charge in [0.1, 0.15) is 0 Å². The lowest BCUT2D eigenvalue weighted by Gasteiger charge is -2.29. The SMILES string of the molecule is CCC(O)(CC)CN1C(=O)c2ccc(Br)cc2C1=O. The number of aliphatic hydroxyl groups is 1. The third-order valence-corrected chi connectivity index (χ3v) is 4.19. The zero-order valence-electron chi connectivity index (χ0n) is 10.9. The molecule has 0 fully saturated rings. The van der Waals surface area contributed by atoms with Gasteiger partial charge in [0, 0.05) is 4.47 Å². The number of nitrogens with zero attached hydrogens (tertiary/aromatic N) is 1.